The first kappa shape index (κ1) is 23.0. The SMILES string of the molecule is CCCCC(CCCC)(C(=O)OC(C)=O)C(O)(CC(=O)O)C(=O)OC. The van der Waals surface area contributed by atoms with Crippen molar-refractivity contribution in [2.75, 3.05) is 7.11 Å². The van der Waals surface area contributed by atoms with Gasteiger partial charge in [0, 0.05) is 6.92 Å². The van der Waals surface area contributed by atoms with E-state index in [1.54, 1.807) is 0 Å². The number of carboxylic acid groups (broad SMARTS) is 1. The van der Waals surface area contributed by atoms with Crippen LogP contribution < -0.4 is 0 Å². The van der Waals surface area contributed by atoms with Crippen LogP contribution in [0.1, 0.15) is 65.7 Å². The minimum Gasteiger partial charge on any atom is -0.481 e. The summed E-state index contributed by atoms with van der Waals surface area (Å²) in [6.45, 7) is 4.71. The van der Waals surface area contributed by atoms with Gasteiger partial charge in [0.2, 0.25) is 0 Å². The van der Waals surface area contributed by atoms with E-state index in [0.717, 1.165) is 14.0 Å². The molecule has 0 aliphatic carbocycles. The predicted octanol–water partition coefficient (Wildman–Crippen LogP) is 1.82. The van der Waals surface area contributed by atoms with Gasteiger partial charge in [0.25, 0.3) is 0 Å². The van der Waals surface area contributed by atoms with Gasteiger partial charge in [0.1, 0.15) is 5.41 Å². The lowest BCUT2D eigenvalue weighted by Gasteiger charge is -2.42. The Morgan fingerprint density at radius 2 is 1.44 bits per heavy atom. The Hall–Kier alpha value is -1.96. The van der Waals surface area contributed by atoms with Gasteiger partial charge < -0.3 is 19.7 Å². The number of esters is 3. The predicted molar refractivity (Wildman–Crippen MR) is 87.5 cm³/mol. The maximum atomic E-state index is 12.7. The number of methoxy groups -OCH3 is 1. The number of hydrogen-bond acceptors (Lipinski definition) is 7. The summed E-state index contributed by atoms with van der Waals surface area (Å²) in [5, 5.41) is 20.2. The molecular weight excluding hydrogens is 332 g/mol. The first-order valence-electron chi connectivity index (χ1n) is 8.36. The highest BCUT2D eigenvalue weighted by molar-refractivity contribution is 5.96. The molecule has 0 aliphatic rings. The molecule has 8 heteroatoms. The van der Waals surface area contributed by atoms with Gasteiger partial charge in [-0.1, -0.05) is 39.5 Å². The number of hydrogen-bond donors (Lipinski definition) is 2. The van der Waals surface area contributed by atoms with Crippen molar-refractivity contribution in [3.05, 3.63) is 0 Å². The second-order valence-corrected chi connectivity index (χ2v) is 6.09. The molecule has 0 fully saturated rings. The van der Waals surface area contributed by atoms with Crippen LogP contribution >= 0.6 is 0 Å². The first-order valence-corrected chi connectivity index (χ1v) is 8.36. The van der Waals surface area contributed by atoms with E-state index in [1.807, 2.05) is 13.8 Å². The van der Waals surface area contributed by atoms with Gasteiger partial charge in [-0.2, -0.15) is 0 Å². The van der Waals surface area contributed by atoms with Crippen molar-refractivity contribution in [2.45, 2.75) is 71.3 Å². The van der Waals surface area contributed by atoms with E-state index in [2.05, 4.69) is 4.74 Å². The molecule has 0 amide bonds. The number of carbonyl (C=O) groups excluding carboxylic acids is 3. The van der Waals surface area contributed by atoms with E-state index in [4.69, 9.17) is 4.74 Å². The molecule has 0 rings (SSSR count). The molecule has 8 nitrogen and oxygen atoms in total. The molecule has 2 N–H and O–H groups in total. The van der Waals surface area contributed by atoms with Crippen LogP contribution in [0.2, 0.25) is 0 Å². The van der Waals surface area contributed by atoms with Gasteiger partial charge in [0.05, 0.1) is 13.5 Å². The van der Waals surface area contributed by atoms with Gasteiger partial charge in [-0.15, -0.1) is 0 Å². The largest absolute Gasteiger partial charge is 0.481 e. The van der Waals surface area contributed by atoms with Crippen LogP contribution in [0.5, 0.6) is 0 Å². The van der Waals surface area contributed by atoms with Crippen molar-refractivity contribution in [2.24, 2.45) is 5.41 Å². The number of aliphatic hydroxyl groups is 1. The van der Waals surface area contributed by atoms with E-state index in [1.165, 1.54) is 0 Å². The summed E-state index contributed by atoms with van der Waals surface area (Å²) < 4.78 is 9.29. The molecule has 0 radical (unpaired) electrons. The lowest BCUT2D eigenvalue weighted by Crippen LogP contribution is -2.60. The van der Waals surface area contributed by atoms with E-state index >= 15 is 0 Å². The Labute approximate surface area is 147 Å². The molecule has 0 spiro atoms. The summed E-state index contributed by atoms with van der Waals surface area (Å²) in [6.07, 6.45) is 1.07. The molecule has 144 valence electrons. The van der Waals surface area contributed by atoms with Crippen molar-refractivity contribution >= 4 is 23.9 Å². The number of ether oxygens (including phenoxy) is 2. The molecule has 0 bridgehead atoms. The quantitative estimate of drug-likeness (QED) is 0.422. The van der Waals surface area contributed by atoms with Crippen molar-refractivity contribution in [1.82, 2.24) is 0 Å². The van der Waals surface area contributed by atoms with Crippen LogP contribution in [-0.2, 0) is 28.7 Å². The molecule has 0 saturated heterocycles. The molecule has 1 atom stereocenters. The Kier molecular flexibility index (Phi) is 9.33. The second kappa shape index (κ2) is 10.1. The molecule has 0 heterocycles. The van der Waals surface area contributed by atoms with Crippen LogP contribution in [0, 0.1) is 5.41 Å². The molecule has 0 aromatic rings. The number of carbonyl (C=O) groups is 4. The van der Waals surface area contributed by atoms with Crippen molar-refractivity contribution in [1.29, 1.82) is 0 Å². The number of carboxylic acids is 1. The fraction of sp³-hybridized carbons (Fsp3) is 0.765. The molecule has 0 aromatic carbocycles. The Bertz CT molecular complexity index is 491. The number of aliphatic carboxylic acids is 1. The Morgan fingerprint density at radius 1 is 0.960 bits per heavy atom. The highest BCUT2D eigenvalue weighted by atomic mass is 16.6. The summed E-state index contributed by atoms with van der Waals surface area (Å²) in [5.41, 5.74) is -4.51. The van der Waals surface area contributed by atoms with Crippen LogP contribution in [0.15, 0.2) is 0 Å². The zero-order valence-electron chi connectivity index (χ0n) is 15.3. The minimum absolute atomic E-state index is 0.00546. The van der Waals surface area contributed by atoms with Gasteiger partial charge in [0.15, 0.2) is 5.60 Å². The average molecular weight is 360 g/mol. The van der Waals surface area contributed by atoms with E-state index in [0.29, 0.717) is 25.7 Å². The summed E-state index contributed by atoms with van der Waals surface area (Å²) in [6, 6.07) is 0. The van der Waals surface area contributed by atoms with Gasteiger partial charge in [-0.05, 0) is 12.8 Å². The van der Waals surface area contributed by atoms with Crippen molar-refractivity contribution < 1.29 is 38.9 Å². The zero-order valence-corrected chi connectivity index (χ0v) is 15.3. The third kappa shape index (κ3) is 5.52. The van der Waals surface area contributed by atoms with Crippen molar-refractivity contribution in [3.63, 3.8) is 0 Å². The normalized spacial score (nSPS) is 13.6. The number of rotatable bonds is 11. The molecular formula is C17H28O8. The zero-order chi connectivity index (χ0) is 19.7. The third-order valence-corrected chi connectivity index (χ3v) is 4.26. The Balaban J connectivity index is 6.37. The topological polar surface area (TPSA) is 127 Å². The van der Waals surface area contributed by atoms with Gasteiger partial charge in [-0.3, -0.25) is 14.4 Å². The van der Waals surface area contributed by atoms with Gasteiger partial charge in [-0.25, -0.2) is 4.79 Å². The highest BCUT2D eigenvalue weighted by Crippen LogP contribution is 2.45. The van der Waals surface area contributed by atoms with E-state index < -0.39 is 41.3 Å². The van der Waals surface area contributed by atoms with E-state index in [9.17, 15) is 29.4 Å². The molecule has 0 aliphatic heterocycles. The second-order valence-electron chi connectivity index (χ2n) is 6.09. The maximum Gasteiger partial charge on any atom is 0.339 e. The number of unbranched alkanes of at least 4 members (excludes halogenated alkanes) is 2. The highest BCUT2D eigenvalue weighted by Gasteiger charge is 2.62. The Morgan fingerprint density at radius 3 is 1.76 bits per heavy atom. The van der Waals surface area contributed by atoms with E-state index in [-0.39, 0.29) is 12.8 Å². The standard InChI is InChI=1S/C17H28O8/c1-5-7-9-16(10-8-6-2,14(21)25-12(3)18)17(23,11-13(19)20)15(22)24-4/h23H,5-11H2,1-4H3,(H,19,20). The average Bonchev–Trinajstić information content (AvgIpc) is 2.52. The monoisotopic (exact) mass is 360 g/mol. The summed E-state index contributed by atoms with van der Waals surface area (Å²) >= 11 is 0. The third-order valence-electron chi connectivity index (χ3n) is 4.26. The van der Waals surface area contributed by atoms with Crippen LogP contribution in [-0.4, -0.2) is 46.8 Å². The smallest absolute Gasteiger partial charge is 0.339 e. The fourth-order valence-corrected chi connectivity index (χ4v) is 2.92. The summed E-state index contributed by atoms with van der Waals surface area (Å²) in [5.74, 6) is -4.70. The van der Waals surface area contributed by atoms with Crippen LogP contribution in [0.25, 0.3) is 0 Å². The molecule has 1 unspecified atom stereocenters. The molecule has 0 saturated carbocycles. The fourth-order valence-electron chi connectivity index (χ4n) is 2.92. The molecule has 25 heavy (non-hydrogen) atoms. The van der Waals surface area contributed by atoms with Crippen LogP contribution in [0.4, 0.5) is 0 Å². The minimum atomic E-state index is -2.63. The lowest BCUT2D eigenvalue weighted by molar-refractivity contribution is -0.201. The summed E-state index contributed by atoms with van der Waals surface area (Å²) in [7, 11) is 0.996. The lowest BCUT2D eigenvalue weighted by atomic mass is 9.64. The summed E-state index contributed by atoms with van der Waals surface area (Å²) in [4.78, 5) is 47.6. The maximum absolute atomic E-state index is 12.7. The van der Waals surface area contributed by atoms with Crippen molar-refractivity contribution in [3.8, 4) is 0 Å². The van der Waals surface area contributed by atoms with Gasteiger partial charge >= 0.3 is 23.9 Å². The molecule has 0 aromatic heterocycles. The van der Waals surface area contributed by atoms with Crippen LogP contribution in [0.3, 0.4) is 0 Å². The first-order chi connectivity index (χ1) is 11.6.